The summed E-state index contributed by atoms with van der Waals surface area (Å²) >= 11 is 1.81. The van der Waals surface area contributed by atoms with Crippen LogP contribution in [0.2, 0.25) is 0 Å². The highest BCUT2D eigenvalue weighted by Crippen LogP contribution is 2.37. The highest BCUT2D eigenvalue weighted by molar-refractivity contribution is 7.08. The Hall–Kier alpha value is -0.380. The molecule has 0 spiro atoms. The molecule has 1 saturated carbocycles. The van der Waals surface area contributed by atoms with Crippen LogP contribution in [0.5, 0.6) is 0 Å². The molecular weight excluding hydrogens is 228 g/mol. The van der Waals surface area contributed by atoms with Gasteiger partial charge in [0, 0.05) is 19.1 Å². The first kappa shape index (κ1) is 11.7. The molecule has 1 aliphatic heterocycles. The minimum Gasteiger partial charge on any atom is -0.312 e. The second-order valence-corrected chi connectivity index (χ2v) is 6.32. The third-order valence-corrected chi connectivity index (χ3v) is 5.43. The standard InChI is InChI=1S/C14H22N2S/c1-10-8-17-9-12(10)5-15-7-14-13-4-2-3-11(13)6-16-14/h8-9,11,13-16H,2-7H2,1H3. The van der Waals surface area contributed by atoms with Gasteiger partial charge < -0.3 is 10.6 Å². The van der Waals surface area contributed by atoms with Crippen LogP contribution in [0.25, 0.3) is 0 Å². The molecule has 94 valence electrons. The van der Waals surface area contributed by atoms with Gasteiger partial charge >= 0.3 is 0 Å². The molecule has 17 heavy (non-hydrogen) atoms. The Kier molecular flexibility index (Phi) is 3.50. The predicted octanol–water partition coefficient (Wildman–Crippen LogP) is 2.53. The van der Waals surface area contributed by atoms with Crippen molar-refractivity contribution in [1.29, 1.82) is 0 Å². The Balaban J connectivity index is 1.47. The zero-order valence-electron chi connectivity index (χ0n) is 10.5. The number of thiophene rings is 1. The number of hydrogen-bond donors (Lipinski definition) is 2. The third kappa shape index (κ3) is 2.42. The van der Waals surface area contributed by atoms with Gasteiger partial charge in [-0.25, -0.2) is 0 Å². The second-order valence-electron chi connectivity index (χ2n) is 5.58. The molecule has 1 aromatic heterocycles. The number of nitrogens with one attached hydrogen (secondary N) is 2. The molecule has 2 nitrogen and oxygen atoms in total. The molecule has 2 aliphatic rings. The van der Waals surface area contributed by atoms with Gasteiger partial charge in [0.05, 0.1) is 0 Å². The van der Waals surface area contributed by atoms with E-state index < -0.39 is 0 Å². The summed E-state index contributed by atoms with van der Waals surface area (Å²) in [6.07, 6.45) is 4.36. The third-order valence-electron chi connectivity index (χ3n) is 4.52. The number of rotatable bonds is 4. The van der Waals surface area contributed by atoms with E-state index in [1.54, 1.807) is 0 Å². The molecule has 3 heteroatoms. The highest BCUT2D eigenvalue weighted by Gasteiger charge is 2.38. The summed E-state index contributed by atoms with van der Waals surface area (Å²) in [4.78, 5) is 0. The lowest BCUT2D eigenvalue weighted by molar-refractivity contribution is 0.393. The van der Waals surface area contributed by atoms with Crippen molar-refractivity contribution in [2.75, 3.05) is 13.1 Å². The van der Waals surface area contributed by atoms with Gasteiger partial charge in [-0.3, -0.25) is 0 Å². The molecule has 2 heterocycles. The maximum atomic E-state index is 3.69. The quantitative estimate of drug-likeness (QED) is 0.858. The van der Waals surface area contributed by atoms with E-state index in [9.17, 15) is 0 Å². The summed E-state index contributed by atoms with van der Waals surface area (Å²) in [7, 11) is 0. The molecule has 0 amide bonds. The van der Waals surface area contributed by atoms with Crippen LogP contribution in [0.3, 0.4) is 0 Å². The fourth-order valence-corrected chi connectivity index (χ4v) is 4.31. The van der Waals surface area contributed by atoms with Gasteiger partial charge in [-0.05, 0) is 60.0 Å². The van der Waals surface area contributed by atoms with Crippen molar-refractivity contribution in [3.05, 3.63) is 21.9 Å². The van der Waals surface area contributed by atoms with Gasteiger partial charge in [0.2, 0.25) is 0 Å². The van der Waals surface area contributed by atoms with E-state index in [0.717, 1.165) is 31.0 Å². The predicted molar refractivity (Wildman–Crippen MR) is 73.4 cm³/mol. The second kappa shape index (κ2) is 5.09. The lowest BCUT2D eigenvalue weighted by Crippen LogP contribution is -2.37. The van der Waals surface area contributed by atoms with Crippen molar-refractivity contribution in [1.82, 2.24) is 10.6 Å². The monoisotopic (exact) mass is 250 g/mol. The molecule has 2 N–H and O–H groups in total. The van der Waals surface area contributed by atoms with Crippen molar-refractivity contribution < 1.29 is 0 Å². The number of hydrogen-bond acceptors (Lipinski definition) is 3. The largest absolute Gasteiger partial charge is 0.312 e. The number of fused-ring (bicyclic) bond motifs is 1. The van der Waals surface area contributed by atoms with Crippen molar-refractivity contribution in [2.45, 2.75) is 38.8 Å². The van der Waals surface area contributed by atoms with Crippen LogP contribution in [0, 0.1) is 18.8 Å². The summed E-state index contributed by atoms with van der Waals surface area (Å²) in [5, 5.41) is 11.8. The lowest BCUT2D eigenvalue weighted by atomic mass is 9.94. The van der Waals surface area contributed by atoms with E-state index >= 15 is 0 Å². The zero-order valence-corrected chi connectivity index (χ0v) is 11.4. The van der Waals surface area contributed by atoms with E-state index in [0.29, 0.717) is 0 Å². The molecule has 1 aromatic rings. The minimum absolute atomic E-state index is 0.724. The van der Waals surface area contributed by atoms with Crippen LogP contribution in [0.1, 0.15) is 30.4 Å². The molecule has 0 radical (unpaired) electrons. The van der Waals surface area contributed by atoms with E-state index in [2.05, 4.69) is 28.3 Å². The molecule has 1 saturated heterocycles. The average Bonchev–Trinajstić information content (AvgIpc) is 2.98. The van der Waals surface area contributed by atoms with Gasteiger partial charge in [0.25, 0.3) is 0 Å². The Bertz CT molecular complexity index is 374. The Morgan fingerprint density at radius 2 is 2.35 bits per heavy atom. The summed E-state index contributed by atoms with van der Waals surface area (Å²) in [5.41, 5.74) is 2.90. The van der Waals surface area contributed by atoms with Crippen LogP contribution in [-0.4, -0.2) is 19.1 Å². The molecule has 3 atom stereocenters. The van der Waals surface area contributed by atoms with Gasteiger partial charge in [0.1, 0.15) is 0 Å². The molecule has 2 fully saturated rings. The molecule has 3 rings (SSSR count). The lowest BCUT2D eigenvalue weighted by Gasteiger charge is -2.18. The Morgan fingerprint density at radius 3 is 3.18 bits per heavy atom. The van der Waals surface area contributed by atoms with E-state index in [1.165, 1.54) is 36.9 Å². The van der Waals surface area contributed by atoms with Crippen molar-refractivity contribution in [3.8, 4) is 0 Å². The zero-order chi connectivity index (χ0) is 11.7. The fraction of sp³-hybridized carbons (Fsp3) is 0.714. The van der Waals surface area contributed by atoms with Crippen LogP contribution in [-0.2, 0) is 6.54 Å². The van der Waals surface area contributed by atoms with E-state index in [-0.39, 0.29) is 0 Å². The van der Waals surface area contributed by atoms with Gasteiger partial charge in [-0.2, -0.15) is 11.3 Å². The summed E-state index contributed by atoms with van der Waals surface area (Å²) in [6, 6.07) is 0.724. The van der Waals surface area contributed by atoms with E-state index in [1.807, 2.05) is 11.3 Å². The maximum absolute atomic E-state index is 3.69. The molecule has 0 bridgehead atoms. The Labute approximate surface area is 108 Å². The smallest absolute Gasteiger partial charge is 0.0224 e. The topological polar surface area (TPSA) is 24.1 Å². The molecule has 1 aliphatic carbocycles. The first-order valence-electron chi connectivity index (χ1n) is 6.80. The summed E-state index contributed by atoms with van der Waals surface area (Å²) in [5.74, 6) is 1.93. The normalized spacial score (nSPS) is 31.9. The summed E-state index contributed by atoms with van der Waals surface area (Å²) < 4.78 is 0. The van der Waals surface area contributed by atoms with Gasteiger partial charge in [-0.15, -0.1) is 0 Å². The van der Waals surface area contributed by atoms with Crippen molar-refractivity contribution in [2.24, 2.45) is 11.8 Å². The van der Waals surface area contributed by atoms with Crippen molar-refractivity contribution >= 4 is 11.3 Å². The van der Waals surface area contributed by atoms with Gasteiger partial charge in [-0.1, -0.05) is 6.42 Å². The SMILES string of the molecule is Cc1cscc1CNCC1NCC2CCCC21. The van der Waals surface area contributed by atoms with Crippen LogP contribution >= 0.6 is 11.3 Å². The van der Waals surface area contributed by atoms with Crippen LogP contribution < -0.4 is 10.6 Å². The first-order valence-corrected chi connectivity index (χ1v) is 7.74. The fourth-order valence-electron chi connectivity index (χ4n) is 3.46. The molecular formula is C14H22N2S. The highest BCUT2D eigenvalue weighted by atomic mass is 32.1. The minimum atomic E-state index is 0.724. The van der Waals surface area contributed by atoms with Crippen molar-refractivity contribution in [3.63, 3.8) is 0 Å². The number of aryl methyl sites for hydroxylation is 1. The van der Waals surface area contributed by atoms with E-state index in [4.69, 9.17) is 0 Å². The summed E-state index contributed by atoms with van der Waals surface area (Å²) in [6.45, 7) is 5.63. The molecule has 0 aromatic carbocycles. The average molecular weight is 250 g/mol. The first-order chi connectivity index (χ1) is 8.34. The van der Waals surface area contributed by atoms with Crippen LogP contribution in [0.4, 0.5) is 0 Å². The van der Waals surface area contributed by atoms with Gasteiger partial charge in [0.15, 0.2) is 0 Å². The maximum Gasteiger partial charge on any atom is 0.0224 e. The molecule has 3 unspecified atom stereocenters. The van der Waals surface area contributed by atoms with Crippen LogP contribution in [0.15, 0.2) is 10.8 Å². The Morgan fingerprint density at radius 1 is 1.41 bits per heavy atom.